The van der Waals surface area contributed by atoms with Crippen LogP contribution in [-0.4, -0.2) is 61.3 Å². The van der Waals surface area contributed by atoms with Crippen molar-refractivity contribution in [2.24, 2.45) is 0 Å². The largest absolute Gasteiger partial charge is 0.369 e. The number of methoxy groups -OCH3 is 1. The van der Waals surface area contributed by atoms with Crippen LogP contribution in [0, 0.1) is 5.82 Å². The van der Waals surface area contributed by atoms with E-state index in [0.29, 0.717) is 31.7 Å². The Labute approximate surface area is 159 Å². The predicted molar refractivity (Wildman–Crippen MR) is 99.0 cm³/mol. The monoisotopic (exact) mass is 378 g/mol. The van der Waals surface area contributed by atoms with E-state index >= 15 is 0 Å². The summed E-state index contributed by atoms with van der Waals surface area (Å²) < 4.78 is 24.9. The summed E-state index contributed by atoms with van der Waals surface area (Å²) in [4.78, 5) is 28.5. The molecular formula is C20H27FN2O4. The molecule has 1 spiro atoms. The van der Waals surface area contributed by atoms with Crippen molar-refractivity contribution in [1.82, 2.24) is 4.90 Å². The maximum atomic E-state index is 13.6. The van der Waals surface area contributed by atoms with Crippen molar-refractivity contribution in [3.05, 3.63) is 30.1 Å². The van der Waals surface area contributed by atoms with Gasteiger partial charge in [0, 0.05) is 25.9 Å². The Balaban J connectivity index is 1.75. The number of hydrogen-bond donors (Lipinski definition) is 0. The number of halogens is 1. The van der Waals surface area contributed by atoms with Crippen LogP contribution in [0.15, 0.2) is 24.3 Å². The van der Waals surface area contributed by atoms with E-state index in [4.69, 9.17) is 9.47 Å². The van der Waals surface area contributed by atoms with E-state index in [2.05, 4.69) is 0 Å². The summed E-state index contributed by atoms with van der Waals surface area (Å²) in [6, 6.07) is 6.05. The second-order valence-electron chi connectivity index (χ2n) is 7.79. The number of amides is 2. The molecule has 0 radical (unpaired) electrons. The molecule has 0 aromatic heterocycles. The minimum absolute atomic E-state index is 0.0337. The minimum Gasteiger partial charge on any atom is -0.369 e. The molecule has 2 aliphatic heterocycles. The van der Waals surface area contributed by atoms with Gasteiger partial charge in [-0.2, -0.15) is 0 Å². The number of carbonyl (C=O) groups excluding carboxylic acids is 2. The summed E-state index contributed by atoms with van der Waals surface area (Å²) in [5.41, 5.74) is -0.846. The summed E-state index contributed by atoms with van der Waals surface area (Å²) in [6.07, 6.45) is 2.14. The minimum atomic E-state index is -0.867. The fraction of sp³-hybridized carbons (Fsp3) is 0.600. The zero-order chi connectivity index (χ0) is 19.7. The first-order chi connectivity index (χ1) is 12.8. The molecule has 1 unspecified atom stereocenters. The lowest BCUT2D eigenvalue weighted by Gasteiger charge is -2.42. The summed E-state index contributed by atoms with van der Waals surface area (Å²) in [6.45, 7) is 5.02. The molecule has 2 fully saturated rings. The van der Waals surface area contributed by atoms with Crippen molar-refractivity contribution in [3.63, 3.8) is 0 Å². The third kappa shape index (κ3) is 4.14. The van der Waals surface area contributed by atoms with Gasteiger partial charge in [-0.1, -0.05) is 6.07 Å². The SMILES string of the molecule is COC(C)(C)C(=O)N1CCCC2(CC1)CN(c1cccc(F)c1)C(=O)CO2. The summed E-state index contributed by atoms with van der Waals surface area (Å²) in [5, 5.41) is 0. The first kappa shape index (κ1) is 19.8. The molecule has 27 heavy (non-hydrogen) atoms. The van der Waals surface area contributed by atoms with E-state index in [-0.39, 0.29) is 24.2 Å². The summed E-state index contributed by atoms with van der Waals surface area (Å²) in [5.74, 6) is -0.597. The highest BCUT2D eigenvalue weighted by Crippen LogP contribution is 2.33. The normalized spacial score (nSPS) is 24.2. The van der Waals surface area contributed by atoms with Crippen molar-refractivity contribution in [2.75, 3.05) is 38.3 Å². The molecule has 0 N–H and O–H groups in total. The number of likely N-dealkylation sites (tertiary alicyclic amines) is 1. The van der Waals surface area contributed by atoms with Crippen LogP contribution in [0.1, 0.15) is 33.1 Å². The third-order valence-electron chi connectivity index (χ3n) is 5.58. The molecule has 0 aliphatic carbocycles. The Morgan fingerprint density at radius 3 is 2.78 bits per heavy atom. The van der Waals surface area contributed by atoms with Crippen molar-refractivity contribution in [2.45, 2.75) is 44.3 Å². The van der Waals surface area contributed by atoms with Crippen LogP contribution < -0.4 is 4.90 Å². The molecule has 7 heteroatoms. The molecule has 2 amide bonds. The molecule has 148 valence electrons. The van der Waals surface area contributed by atoms with Gasteiger partial charge < -0.3 is 19.3 Å². The number of rotatable bonds is 3. The Hall–Kier alpha value is -1.99. The molecule has 2 heterocycles. The van der Waals surface area contributed by atoms with Crippen molar-refractivity contribution in [3.8, 4) is 0 Å². The summed E-state index contributed by atoms with van der Waals surface area (Å²) >= 11 is 0. The van der Waals surface area contributed by atoms with Gasteiger partial charge in [0.1, 0.15) is 18.0 Å². The molecular weight excluding hydrogens is 351 g/mol. The molecule has 2 aliphatic rings. The van der Waals surface area contributed by atoms with E-state index in [1.807, 2.05) is 4.90 Å². The molecule has 1 aromatic rings. The second kappa shape index (κ2) is 7.56. The average Bonchev–Trinajstić information content (AvgIpc) is 2.86. The molecule has 2 saturated heterocycles. The predicted octanol–water partition coefficient (Wildman–Crippen LogP) is 2.37. The van der Waals surface area contributed by atoms with E-state index in [1.165, 1.54) is 19.2 Å². The fourth-order valence-electron chi connectivity index (χ4n) is 3.74. The zero-order valence-corrected chi connectivity index (χ0v) is 16.2. The molecule has 1 atom stereocenters. The van der Waals surface area contributed by atoms with Gasteiger partial charge >= 0.3 is 0 Å². The lowest BCUT2D eigenvalue weighted by Crippen LogP contribution is -2.55. The maximum Gasteiger partial charge on any atom is 0.254 e. The van der Waals surface area contributed by atoms with Gasteiger partial charge in [-0.3, -0.25) is 9.59 Å². The Bertz CT molecular complexity index is 724. The van der Waals surface area contributed by atoms with Crippen molar-refractivity contribution in [1.29, 1.82) is 0 Å². The van der Waals surface area contributed by atoms with Crippen LogP contribution in [0.4, 0.5) is 10.1 Å². The molecule has 1 aromatic carbocycles. The maximum absolute atomic E-state index is 13.6. The number of benzene rings is 1. The van der Waals surface area contributed by atoms with Crippen LogP contribution in [0.5, 0.6) is 0 Å². The Kier molecular flexibility index (Phi) is 5.53. The topological polar surface area (TPSA) is 59.1 Å². The molecule has 0 saturated carbocycles. The Morgan fingerprint density at radius 2 is 2.07 bits per heavy atom. The number of carbonyl (C=O) groups is 2. The average molecular weight is 378 g/mol. The van der Waals surface area contributed by atoms with Crippen molar-refractivity contribution < 1.29 is 23.5 Å². The molecule has 6 nitrogen and oxygen atoms in total. The van der Waals surface area contributed by atoms with E-state index in [0.717, 1.165) is 12.8 Å². The van der Waals surface area contributed by atoms with Gasteiger partial charge in [0.2, 0.25) is 0 Å². The van der Waals surface area contributed by atoms with Gasteiger partial charge in [0.15, 0.2) is 0 Å². The highest BCUT2D eigenvalue weighted by atomic mass is 19.1. The number of morpholine rings is 1. The highest BCUT2D eigenvalue weighted by Gasteiger charge is 2.43. The van der Waals surface area contributed by atoms with Crippen LogP contribution in [-0.2, 0) is 19.1 Å². The number of anilines is 1. The summed E-state index contributed by atoms with van der Waals surface area (Å²) in [7, 11) is 1.53. The van der Waals surface area contributed by atoms with Crippen LogP contribution >= 0.6 is 0 Å². The molecule has 3 rings (SSSR count). The van der Waals surface area contributed by atoms with E-state index < -0.39 is 11.2 Å². The lowest BCUT2D eigenvalue weighted by molar-refractivity contribution is -0.151. The quantitative estimate of drug-likeness (QED) is 0.810. The van der Waals surface area contributed by atoms with Gasteiger partial charge in [-0.05, 0) is 51.3 Å². The Morgan fingerprint density at radius 1 is 1.30 bits per heavy atom. The van der Waals surface area contributed by atoms with E-state index in [9.17, 15) is 14.0 Å². The number of ether oxygens (including phenoxy) is 2. The van der Waals surface area contributed by atoms with Gasteiger partial charge in [-0.25, -0.2) is 4.39 Å². The first-order valence-electron chi connectivity index (χ1n) is 9.31. The number of hydrogen-bond acceptors (Lipinski definition) is 4. The number of nitrogens with zero attached hydrogens (tertiary/aromatic N) is 2. The lowest BCUT2D eigenvalue weighted by atomic mass is 9.92. The zero-order valence-electron chi connectivity index (χ0n) is 16.2. The highest BCUT2D eigenvalue weighted by molar-refractivity contribution is 5.95. The van der Waals surface area contributed by atoms with Crippen LogP contribution in [0.3, 0.4) is 0 Å². The molecule has 0 bridgehead atoms. The van der Waals surface area contributed by atoms with Crippen molar-refractivity contribution >= 4 is 17.5 Å². The second-order valence-corrected chi connectivity index (χ2v) is 7.79. The standard InChI is InChI=1S/C20H27FN2O4/c1-19(2,26-3)18(25)22-10-5-8-20(9-11-22)14-23(17(24)13-27-20)16-7-4-6-15(21)12-16/h4,6-7,12H,5,8-11,13-14H2,1-3H3. The van der Waals surface area contributed by atoms with Gasteiger partial charge in [0.05, 0.1) is 12.1 Å². The fourth-order valence-corrected chi connectivity index (χ4v) is 3.74. The van der Waals surface area contributed by atoms with E-state index in [1.54, 1.807) is 30.9 Å². The smallest absolute Gasteiger partial charge is 0.254 e. The van der Waals surface area contributed by atoms with Crippen LogP contribution in [0.25, 0.3) is 0 Å². The van der Waals surface area contributed by atoms with Crippen LogP contribution in [0.2, 0.25) is 0 Å². The third-order valence-corrected chi connectivity index (χ3v) is 5.58. The van der Waals surface area contributed by atoms with Gasteiger partial charge in [-0.15, -0.1) is 0 Å². The first-order valence-corrected chi connectivity index (χ1v) is 9.31. The van der Waals surface area contributed by atoms with Gasteiger partial charge in [0.25, 0.3) is 11.8 Å².